The molecule has 0 saturated heterocycles. The van der Waals surface area contributed by atoms with Crippen LogP contribution >= 0.6 is 0 Å². The van der Waals surface area contributed by atoms with E-state index in [1.807, 2.05) is 32.0 Å². The minimum absolute atomic E-state index is 0.157. The molecule has 3 aromatic rings. The highest BCUT2D eigenvalue weighted by Gasteiger charge is 2.28. The number of hydrogen-bond acceptors (Lipinski definition) is 8. The standard InChI is InChI=1S/C27H30N4O4/c1-4-6-21-23(9-10-25(21)32)31-24(27(33)34-5-2)14-19-7-8-20(15-29-19)35-26-22-16-28-12-11-18(22)13-17(3)30-26/h7-8,11-13,15-16,24,31H,4-6,9-10,14H2,1-3H3. The lowest BCUT2D eigenvalue weighted by molar-refractivity contribution is -0.145. The Balaban J connectivity index is 1.51. The van der Waals surface area contributed by atoms with Crippen LogP contribution in [0.1, 0.15) is 50.9 Å². The number of ether oxygens (including phenoxy) is 2. The SMILES string of the molecule is CCCC1=C(NC(Cc2ccc(Oc3nc(C)cc4ccncc34)cn2)C(=O)OCC)CCC1=O. The molecule has 0 aromatic carbocycles. The van der Waals surface area contributed by atoms with Crippen molar-refractivity contribution in [2.24, 2.45) is 0 Å². The molecule has 8 nitrogen and oxygen atoms in total. The van der Waals surface area contributed by atoms with Gasteiger partial charge in [0.25, 0.3) is 0 Å². The molecule has 1 aliphatic carbocycles. The lowest BCUT2D eigenvalue weighted by atomic mass is 10.1. The minimum atomic E-state index is -0.629. The zero-order chi connectivity index (χ0) is 24.8. The summed E-state index contributed by atoms with van der Waals surface area (Å²) in [5.74, 6) is 0.798. The number of nitrogens with zero attached hydrogens (tertiary/aromatic N) is 3. The molecule has 0 saturated carbocycles. The van der Waals surface area contributed by atoms with Crippen molar-refractivity contribution in [2.45, 2.75) is 58.9 Å². The smallest absolute Gasteiger partial charge is 0.328 e. The van der Waals surface area contributed by atoms with Gasteiger partial charge in [-0.05, 0) is 56.3 Å². The molecule has 3 heterocycles. The second kappa shape index (κ2) is 11.1. The number of carbonyl (C=O) groups excluding carboxylic acids is 2. The highest BCUT2D eigenvalue weighted by atomic mass is 16.5. The van der Waals surface area contributed by atoms with E-state index < -0.39 is 6.04 Å². The Morgan fingerprint density at radius 3 is 2.77 bits per heavy atom. The number of Topliss-reactive ketones (excluding diaryl/α,β-unsaturated/α-hetero) is 1. The first-order chi connectivity index (χ1) is 17.0. The van der Waals surface area contributed by atoms with E-state index in [1.54, 1.807) is 31.6 Å². The fourth-order valence-corrected chi connectivity index (χ4v) is 4.23. The molecule has 35 heavy (non-hydrogen) atoms. The summed E-state index contributed by atoms with van der Waals surface area (Å²) in [5, 5.41) is 5.10. The number of ketones is 1. The van der Waals surface area contributed by atoms with Crippen molar-refractivity contribution in [1.82, 2.24) is 20.3 Å². The van der Waals surface area contributed by atoms with Gasteiger partial charge in [-0.15, -0.1) is 0 Å². The van der Waals surface area contributed by atoms with Crippen molar-refractivity contribution in [3.63, 3.8) is 0 Å². The highest BCUT2D eigenvalue weighted by Crippen LogP contribution is 2.28. The Morgan fingerprint density at radius 1 is 1.17 bits per heavy atom. The fourth-order valence-electron chi connectivity index (χ4n) is 4.23. The van der Waals surface area contributed by atoms with Gasteiger partial charge in [-0.25, -0.2) is 9.78 Å². The quantitative estimate of drug-likeness (QED) is 0.425. The summed E-state index contributed by atoms with van der Waals surface area (Å²) >= 11 is 0. The van der Waals surface area contributed by atoms with E-state index in [0.29, 0.717) is 43.0 Å². The average molecular weight is 475 g/mol. The predicted octanol–water partition coefficient (Wildman–Crippen LogP) is 4.61. The molecule has 182 valence electrons. The first-order valence-electron chi connectivity index (χ1n) is 12.0. The van der Waals surface area contributed by atoms with Gasteiger partial charge in [-0.2, -0.15) is 0 Å². The minimum Gasteiger partial charge on any atom is -0.464 e. The van der Waals surface area contributed by atoms with Crippen molar-refractivity contribution in [3.8, 4) is 11.6 Å². The first-order valence-corrected chi connectivity index (χ1v) is 12.0. The number of allylic oxidation sites excluding steroid dienone is 2. The zero-order valence-corrected chi connectivity index (χ0v) is 20.3. The molecule has 3 aromatic heterocycles. The van der Waals surface area contributed by atoms with E-state index in [9.17, 15) is 9.59 Å². The molecule has 0 amide bonds. The largest absolute Gasteiger partial charge is 0.464 e. The van der Waals surface area contributed by atoms with Gasteiger partial charge in [-0.1, -0.05) is 13.3 Å². The van der Waals surface area contributed by atoms with E-state index >= 15 is 0 Å². The Morgan fingerprint density at radius 2 is 2.03 bits per heavy atom. The second-order valence-corrected chi connectivity index (χ2v) is 8.54. The third kappa shape index (κ3) is 5.82. The lowest BCUT2D eigenvalue weighted by Gasteiger charge is -2.20. The third-order valence-corrected chi connectivity index (χ3v) is 5.88. The molecule has 0 fully saturated rings. The number of hydrogen-bond donors (Lipinski definition) is 1. The highest BCUT2D eigenvalue weighted by molar-refractivity contribution is 5.98. The van der Waals surface area contributed by atoms with Crippen molar-refractivity contribution in [2.75, 3.05) is 6.61 Å². The molecule has 1 unspecified atom stereocenters. The van der Waals surface area contributed by atoms with E-state index in [1.165, 1.54) is 0 Å². The third-order valence-electron chi connectivity index (χ3n) is 5.88. The second-order valence-electron chi connectivity index (χ2n) is 8.54. The summed E-state index contributed by atoms with van der Waals surface area (Å²) in [6.45, 7) is 6.01. The molecule has 1 N–H and O–H groups in total. The van der Waals surface area contributed by atoms with E-state index in [-0.39, 0.29) is 18.4 Å². The lowest BCUT2D eigenvalue weighted by Crippen LogP contribution is -2.39. The van der Waals surface area contributed by atoms with Crippen LogP contribution in [-0.4, -0.2) is 39.4 Å². The van der Waals surface area contributed by atoms with Crippen LogP contribution in [0.25, 0.3) is 10.8 Å². The van der Waals surface area contributed by atoms with Gasteiger partial charge in [0.15, 0.2) is 5.78 Å². The summed E-state index contributed by atoms with van der Waals surface area (Å²) in [6, 6.07) is 6.89. The van der Waals surface area contributed by atoms with Crippen LogP contribution in [-0.2, 0) is 20.7 Å². The van der Waals surface area contributed by atoms with Crippen LogP contribution in [0.3, 0.4) is 0 Å². The van der Waals surface area contributed by atoms with Crippen LogP contribution in [0.2, 0.25) is 0 Å². The van der Waals surface area contributed by atoms with Gasteiger partial charge >= 0.3 is 5.97 Å². The number of esters is 1. The summed E-state index contributed by atoms with van der Waals surface area (Å²) in [4.78, 5) is 38.1. The Bertz CT molecular complexity index is 1250. The van der Waals surface area contributed by atoms with Crippen molar-refractivity contribution < 1.29 is 19.1 Å². The molecule has 0 radical (unpaired) electrons. The summed E-state index contributed by atoms with van der Waals surface area (Å²) in [6.07, 6.45) is 8.09. The Hall–Kier alpha value is -3.81. The maximum Gasteiger partial charge on any atom is 0.328 e. The van der Waals surface area contributed by atoms with E-state index in [0.717, 1.165) is 34.2 Å². The van der Waals surface area contributed by atoms with Gasteiger partial charge < -0.3 is 14.8 Å². The van der Waals surface area contributed by atoms with Crippen LogP contribution in [0.4, 0.5) is 0 Å². The van der Waals surface area contributed by atoms with Crippen molar-refractivity contribution in [3.05, 3.63) is 65.5 Å². The van der Waals surface area contributed by atoms with Crippen LogP contribution in [0, 0.1) is 6.92 Å². The summed E-state index contributed by atoms with van der Waals surface area (Å²) in [7, 11) is 0. The monoisotopic (exact) mass is 474 g/mol. The molecular weight excluding hydrogens is 444 g/mol. The molecule has 1 aliphatic rings. The van der Waals surface area contributed by atoms with E-state index in [2.05, 4.69) is 20.3 Å². The Kier molecular flexibility index (Phi) is 7.70. The van der Waals surface area contributed by atoms with Crippen LogP contribution in [0.5, 0.6) is 11.6 Å². The summed E-state index contributed by atoms with van der Waals surface area (Å²) in [5.41, 5.74) is 3.19. The number of nitrogens with one attached hydrogen (secondary N) is 1. The number of aryl methyl sites for hydroxylation is 1. The van der Waals surface area contributed by atoms with Crippen LogP contribution in [0.15, 0.2) is 54.1 Å². The van der Waals surface area contributed by atoms with Gasteiger partial charge in [-0.3, -0.25) is 14.8 Å². The normalized spacial score (nSPS) is 14.3. The van der Waals surface area contributed by atoms with Crippen molar-refractivity contribution in [1.29, 1.82) is 0 Å². The van der Waals surface area contributed by atoms with Crippen LogP contribution < -0.4 is 10.1 Å². The number of aromatic nitrogens is 3. The predicted molar refractivity (Wildman–Crippen MR) is 132 cm³/mol. The molecule has 8 heteroatoms. The Labute approximate surface area is 204 Å². The maximum absolute atomic E-state index is 12.7. The zero-order valence-electron chi connectivity index (χ0n) is 20.3. The fraction of sp³-hybridized carbons (Fsp3) is 0.370. The van der Waals surface area contributed by atoms with Gasteiger partial charge in [0.05, 0.1) is 18.2 Å². The topological polar surface area (TPSA) is 103 Å². The van der Waals surface area contributed by atoms with Gasteiger partial charge in [0, 0.05) is 47.9 Å². The van der Waals surface area contributed by atoms with Gasteiger partial charge in [0.1, 0.15) is 11.8 Å². The maximum atomic E-state index is 12.7. The number of pyridine rings is 3. The number of rotatable bonds is 10. The molecule has 0 bridgehead atoms. The average Bonchev–Trinajstić information content (AvgIpc) is 3.19. The molecular formula is C27H30N4O4. The molecule has 1 atom stereocenters. The van der Waals surface area contributed by atoms with Gasteiger partial charge in [0.2, 0.25) is 5.88 Å². The molecule has 4 rings (SSSR count). The molecule has 0 aliphatic heterocycles. The van der Waals surface area contributed by atoms with Crippen molar-refractivity contribution >= 4 is 22.5 Å². The number of fused-ring (bicyclic) bond motifs is 1. The summed E-state index contributed by atoms with van der Waals surface area (Å²) < 4.78 is 11.3. The van der Waals surface area contributed by atoms with E-state index in [4.69, 9.17) is 9.47 Å². The first kappa shape index (κ1) is 24.3. The molecule has 0 spiro atoms. The number of carbonyl (C=O) groups is 2.